The summed E-state index contributed by atoms with van der Waals surface area (Å²) in [6.07, 6.45) is 12.2. The molecule has 0 aromatic carbocycles. The molecule has 4 heteroatoms. The molecule has 0 aliphatic heterocycles. The fourth-order valence-corrected chi connectivity index (χ4v) is 8.59. The van der Waals surface area contributed by atoms with Crippen molar-refractivity contribution in [2.75, 3.05) is 0 Å². The number of ketones is 1. The van der Waals surface area contributed by atoms with Gasteiger partial charge < -0.3 is 5.11 Å². The number of rotatable bonds is 2. The zero-order valence-electron chi connectivity index (χ0n) is 18.7. The van der Waals surface area contributed by atoms with Crippen LogP contribution < -0.4 is 0 Å². The van der Waals surface area contributed by atoms with Crippen molar-refractivity contribution in [3.8, 4) is 0 Å². The molecule has 8 atom stereocenters. The lowest BCUT2D eigenvalue weighted by atomic mass is 9.44. The molecule has 5 rings (SSSR count). The first-order valence-corrected chi connectivity index (χ1v) is 11.9. The van der Waals surface area contributed by atoms with Gasteiger partial charge in [0.15, 0.2) is 5.78 Å². The molecule has 0 bridgehead atoms. The molecule has 0 unspecified atom stereocenters. The Balaban J connectivity index is 1.40. The fourth-order valence-electron chi connectivity index (χ4n) is 8.59. The summed E-state index contributed by atoms with van der Waals surface area (Å²) in [5.41, 5.74) is 0.717. The van der Waals surface area contributed by atoms with Crippen molar-refractivity contribution in [1.29, 1.82) is 0 Å². The second-order valence-electron chi connectivity index (χ2n) is 11.8. The highest BCUT2D eigenvalue weighted by Crippen LogP contribution is 2.68. The minimum atomic E-state index is -0.465. The van der Waals surface area contributed by atoms with Crippen molar-refractivity contribution in [3.63, 3.8) is 0 Å². The van der Waals surface area contributed by atoms with Gasteiger partial charge in [-0.2, -0.15) is 5.10 Å². The number of Topliss-reactive ketones (excluding diaryl/α,β-unsaturated/α-hetero) is 1. The first kappa shape index (κ1) is 19.8. The summed E-state index contributed by atoms with van der Waals surface area (Å²) in [4.78, 5) is 13.3. The summed E-state index contributed by atoms with van der Waals surface area (Å²) < 4.78 is 1.75. The zero-order chi connectivity index (χ0) is 20.6. The molecule has 0 spiro atoms. The number of nitrogens with zero attached hydrogens (tertiary/aromatic N) is 2. The number of aliphatic hydroxyl groups is 1. The topological polar surface area (TPSA) is 55.1 Å². The van der Waals surface area contributed by atoms with E-state index in [9.17, 15) is 9.90 Å². The van der Waals surface area contributed by atoms with Crippen molar-refractivity contribution >= 4 is 5.78 Å². The fraction of sp³-hybridized carbons (Fsp3) is 0.840. The van der Waals surface area contributed by atoms with Gasteiger partial charge in [-0.1, -0.05) is 13.8 Å². The molecule has 4 saturated carbocycles. The van der Waals surface area contributed by atoms with Crippen molar-refractivity contribution in [2.24, 2.45) is 47.5 Å². The minimum Gasteiger partial charge on any atom is -0.390 e. The number of aromatic nitrogens is 2. The number of carbonyl (C=O) groups is 1. The van der Waals surface area contributed by atoms with Crippen LogP contribution in [0.1, 0.15) is 89.0 Å². The SMILES string of the molecule is Cn1ccc(C(=O)[C@H]2CC[C@H]3[C@@H]4CC[C@H]5C[C@](C)(O)CC[C@]5(C)[C@H]4CC[C@]23C)n1. The molecule has 1 heterocycles. The molecular formula is C25H38N2O2. The van der Waals surface area contributed by atoms with E-state index in [2.05, 4.69) is 18.9 Å². The number of aryl methyl sites for hydroxylation is 1. The Morgan fingerprint density at radius 3 is 2.52 bits per heavy atom. The van der Waals surface area contributed by atoms with Crippen LogP contribution in [0.4, 0.5) is 0 Å². The van der Waals surface area contributed by atoms with E-state index in [1.807, 2.05) is 26.2 Å². The molecular weight excluding hydrogens is 360 g/mol. The summed E-state index contributed by atoms with van der Waals surface area (Å²) >= 11 is 0. The van der Waals surface area contributed by atoms with Gasteiger partial charge in [0.2, 0.25) is 0 Å². The molecule has 0 radical (unpaired) electrons. The van der Waals surface area contributed by atoms with Gasteiger partial charge in [0.25, 0.3) is 0 Å². The molecule has 4 fully saturated rings. The van der Waals surface area contributed by atoms with Crippen molar-refractivity contribution < 1.29 is 9.90 Å². The maximum Gasteiger partial charge on any atom is 0.186 e. The van der Waals surface area contributed by atoms with Gasteiger partial charge in [0.1, 0.15) is 5.69 Å². The second-order valence-corrected chi connectivity index (χ2v) is 11.8. The van der Waals surface area contributed by atoms with Gasteiger partial charge >= 0.3 is 0 Å². The Bertz CT molecular complexity index is 814. The summed E-state index contributed by atoms with van der Waals surface area (Å²) in [5.74, 6) is 3.31. The van der Waals surface area contributed by atoms with E-state index in [-0.39, 0.29) is 17.1 Å². The van der Waals surface area contributed by atoms with Gasteiger partial charge in [-0.25, -0.2) is 0 Å². The summed E-state index contributed by atoms with van der Waals surface area (Å²) in [7, 11) is 1.89. The van der Waals surface area contributed by atoms with Crippen molar-refractivity contribution in [3.05, 3.63) is 18.0 Å². The van der Waals surface area contributed by atoms with E-state index in [1.165, 1.54) is 38.5 Å². The minimum absolute atomic E-state index is 0.138. The van der Waals surface area contributed by atoms with Gasteiger partial charge in [0, 0.05) is 19.2 Å². The predicted octanol–water partition coefficient (Wildman–Crippen LogP) is 5.01. The van der Waals surface area contributed by atoms with Crippen molar-refractivity contribution in [1.82, 2.24) is 9.78 Å². The highest BCUT2D eigenvalue weighted by Gasteiger charge is 2.61. The third-order valence-electron chi connectivity index (χ3n) is 10.2. The Morgan fingerprint density at radius 1 is 1.03 bits per heavy atom. The lowest BCUT2D eigenvalue weighted by Crippen LogP contribution is -2.55. The average molecular weight is 399 g/mol. The maximum absolute atomic E-state index is 13.3. The molecule has 4 nitrogen and oxygen atoms in total. The van der Waals surface area contributed by atoms with Gasteiger partial charge in [-0.3, -0.25) is 9.48 Å². The Kier molecular flexibility index (Phi) is 4.38. The number of hydrogen-bond donors (Lipinski definition) is 1. The Hall–Kier alpha value is -1.16. The first-order chi connectivity index (χ1) is 13.6. The number of hydrogen-bond acceptors (Lipinski definition) is 3. The molecule has 0 saturated heterocycles. The third-order valence-corrected chi connectivity index (χ3v) is 10.2. The standard InChI is InChI=1S/C25H38N2O2/c1-23(29)12-13-24(2)16(15-23)5-6-17-18-7-8-20(25(18,3)11-9-19(17)24)22(28)21-10-14-27(4)26-21/h10,14,16-20,29H,5-9,11-13,15H2,1-4H3/t16-,17-,18-,19-,20+,23+,24-,25-/m0/s1. The lowest BCUT2D eigenvalue weighted by molar-refractivity contribution is -0.144. The van der Waals surface area contributed by atoms with Crippen LogP contribution in [0.25, 0.3) is 0 Å². The average Bonchev–Trinajstić information content (AvgIpc) is 3.24. The summed E-state index contributed by atoms with van der Waals surface area (Å²) in [6, 6.07) is 1.89. The highest BCUT2D eigenvalue weighted by molar-refractivity contribution is 5.96. The van der Waals surface area contributed by atoms with E-state index >= 15 is 0 Å². The van der Waals surface area contributed by atoms with Crippen LogP contribution in [0.5, 0.6) is 0 Å². The summed E-state index contributed by atoms with van der Waals surface area (Å²) in [6.45, 7) is 7.01. The van der Waals surface area contributed by atoms with Gasteiger partial charge in [-0.05, 0) is 105 Å². The number of carbonyl (C=O) groups excluding carboxylic acids is 1. The van der Waals surface area contributed by atoms with Crippen LogP contribution in [0, 0.1) is 40.4 Å². The molecule has 4 aliphatic carbocycles. The zero-order valence-corrected chi connectivity index (χ0v) is 18.7. The molecule has 1 aromatic heterocycles. The normalized spacial score (nSPS) is 49.2. The first-order valence-electron chi connectivity index (χ1n) is 11.9. The highest BCUT2D eigenvalue weighted by atomic mass is 16.3. The molecule has 0 amide bonds. The largest absolute Gasteiger partial charge is 0.390 e. The molecule has 1 aromatic rings. The Labute approximate surface area is 175 Å². The van der Waals surface area contributed by atoms with Crippen LogP contribution in [-0.4, -0.2) is 26.3 Å². The van der Waals surface area contributed by atoms with Gasteiger partial charge in [0.05, 0.1) is 5.60 Å². The van der Waals surface area contributed by atoms with Crippen LogP contribution >= 0.6 is 0 Å². The van der Waals surface area contributed by atoms with Crippen LogP contribution in [0.2, 0.25) is 0 Å². The molecule has 4 aliphatic rings. The van der Waals surface area contributed by atoms with E-state index < -0.39 is 5.60 Å². The summed E-state index contributed by atoms with van der Waals surface area (Å²) in [5, 5.41) is 15.1. The quantitative estimate of drug-likeness (QED) is 0.712. The molecule has 1 N–H and O–H groups in total. The van der Waals surface area contributed by atoms with E-state index in [0.29, 0.717) is 22.9 Å². The van der Waals surface area contributed by atoms with Crippen LogP contribution in [0.3, 0.4) is 0 Å². The second kappa shape index (κ2) is 6.42. The monoisotopic (exact) mass is 398 g/mol. The lowest BCUT2D eigenvalue weighted by Gasteiger charge is -2.61. The van der Waals surface area contributed by atoms with Crippen LogP contribution in [0.15, 0.2) is 12.3 Å². The van der Waals surface area contributed by atoms with E-state index in [4.69, 9.17) is 0 Å². The predicted molar refractivity (Wildman–Crippen MR) is 113 cm³/mol. The van der Waals surface area contributed by atoms with E-state index in [1.54, 1.807) is 4.68 Å². The van der Waals surface area contributed by atoms with E-state index in [0.717, 1.165) is 31.1 Å². The van der Waals surface area contributed by atoms with Gasteiger partial charge in [-0.15, -0.1) is 0 Å². The third kappa shape index (κ3) is 2.88. The molecule has 29 heavy (non-hydrogen) atoms. The Morgan fingerprint density at radius 2 is 1.79 bits per heavy atom. The van der Waals surface area contributed by atoms with Crippen molar-refractivity contribution in [2.45, 2.75) is 84.2 Å². The van der Waals surface area contributed by atoms with Crippen LogP contribution in [-0.2, 0) is 7.05 Å². The molecule has 160 valence electrons. The smallest absolute Gasteiger partial charge is 0.186 e. The maximum atomic E-state index is 13.3. The number of fused-ring (bicyclic) bond motifs is 5.